The molecule has 2 fully saturated rings. The molecule has 0 bridgehead atoms. The molecule has 0 radical (unpaired) electrons. The molecule has 2 saturated heterocycles. The summed E-state index contributed by atoms with van der Waals surface area (Å²) in [7, 11) is 2.18. The first-order valence-corrected chi connectivity index (χ1v) is 18.4. The predicted octanol–water partition coefficient (Wildman–Crippen LogP) is 8.20. The van der Waals surface area contributed by atoms with E-state index in [9.17, 15) is 4.79 Å². The van der Waals surface area contributed by atoms with Crippen molar-refractivity contribution in [1.82, 2.24) is 10.1 Å². The average molecular weight is 693 g/mol. The van der Waals surface area contributed by atoms with E-state index in [4.69, 9.17) is 18.7 Å². The highest BCUT2D eigenvalue weighted by Crippen LogP contribution is 2.37. The summed E-state index contributed by atoms with van der Waals surface area (Å²) >= 11 is 0. The first-order chi connectivity index (χ1) is 24.9. The van der Waals surface area contributed by atoms with Gasteiger partial charge >= 0.3 is 0 Å². The van der Waals surface area contributed by atoms with Crippen molar-refractivity contribution in [1.29, 1.82) is 0 Å². The van der Waals surface area contributed by atoms with Crippen LogP contribution in [0.25, 0.3) is 17.2 Å². The average Bonchev–Trinajstić information content (AvgIpc) is 3.80. The number of para-hydroxylation sites is 1. The second-order valence-electron chi connectivity index (χ2n) is 13.6. The molecule has 1 N–H and O–H groups in total. The third kappa shape index (κ3) is 9.47. The Labute approximate surface area is 302 Å². The Morgan fingerprint density at radius 3 is 2.41 bits per heavy atom. The number of hydrogen-bond acceptors (Lipinski definition) is 8. The zero-order chi connectivity index (χ0) is 35.6. The number of hydrogen-bond donors (Lipinski definition) is 1. The summed E-state index contributed by atoms with van der Waals surface area (Å²) in [6.07, 6.45) is 7.34. The Balaban J connectivity index is 0.000000825. The van der Waals surface area contributed by atoms with Gasteiger partial charge in [0.25, 0.3) is 5.91 Å². The lowest BCUT2D eigenvalue weighted by Gasteiger charge is -2.31. The van der Waals surface area contributed by atoms with E-state index in [1.165, 1.54) is 18.4 Å². The molecule has 4 heterocycles. The van der Waals surface area contributed by atoms with Crippen molar-refractivity contribution >= 4 is 23.4 Å². The maximum absolute atomic E-state index is 13.8. The largest absolute Gasteiger partial charge is 0.493 e. The lowest BCUT2D eigenvalue weighted by molar-refractivity contribution is -0.112. The van der Waals surface area contributed by atoms with Gasteiger partial charge in [-0.05, 0) is 113 Å². The Morgan fingerprint density at radius 1 is 0.980 bits per heavy atom. The molecule has 270 valence electrons. The minimum atomic E-state index is -0.0858. The van der Waals surface area contributed by atoms with Crippen LogP contribution < -0.4 is 15.0 Å². The number of benzene rings is 3. The fraction of sp³-hybridized carbons (Fsp3) is 0.429. The molecule has 3 aliphatic rings. The molecule has 0 unspecified atom stereocenters. The Kier molecular flexibility index (Phi) is 12.6. The number of amides is 1. The van der Waals surface area contributed by atoms with Gasteiger partial charge in [-0.25, -0.2) is 0 Å². The van der Waals surface area contributed by atoms with Crippen molar-refractivity contribution in [3.8, 4) is 16.9 Å². The van der Waals surface area contributed by atoms with Crippen LogP contribution in [0.2, 0.25) is 0 Å². The van der Waals surface area contributed by atoms with Crippen LogP contribution in [0.3, 0.4) is 0 Å². The standard InChI is InChI=1S/C38H44N4O4.C4H8O/c1-5-45-37-9-7-6-8-34(37)29-12-15-36-31(22-29)23-30(16-19-42(36)25-35-26(2)40-46-27(35)3)38(43)39-32-13-10-28(11-14-32)24-41(4)33-17-20-44-21-18-33;1-2-4-5-3-1/h6-15,22-23,33H,5,16-21,24-25H2,1-4H3,(H,39,43);1-4H2. The van der Waals surface area contributed by atoms with Gasteiger partial charge in [-0.15, -0.1) is 0 Å². The quantitative estimate of drug-likeness (QED) is 0.178. The summed E-state index contributed by atoms with van der Waals surface area (Å²) < 4.78 is 21.9. The molecule has 3 aliphatic heterocycles. The molecule has 0 spiro atoms. The van der Waals surface area contributed by atoms with Crippen molar-refractivity contribution in [2.45, 2.75) is 72.0 Å². The van der Waals surface area contributed by atoms with Gasteiger partial charge in [0.15, 0.2) is 0 Å². The Morgan fingerprint density at radius 2 is 1.73 bits per heavy atom. The second kappa shape index (κ2) is 17.7. The fourth-order valence-corrected chi connectivity index (χ4v) is 6.97. The van der Waals surface area contributed by atoms with Crippen molar-refractivity contribution in [2.75, 3.05) is 56.8 Å². The van der Waals surface area contributed by atoms with Gasteiger partial charge in [0.1, 0.15) is 11.5 Å². The lowest BCUT2D eigenvalue weighted by Crippen LogP contribution is -2.36. The minimum Gasteiger partial charge on any atom is -0.493 e. The summed E-state index contributed by atoms with van der Waals surface area (Å²) in [4.78, 5) is 18.5. The topological polar surface area (TPSA) is 89.3 Å². The van der Waals surface area contributed by atoms with E-state index >= 15 is 0 Å². The van der Waals surface area contributed by atoms with Crippen molar-refractivity contribution in [3.63, 3.8) is 0 Å². The van der Waals surface area contributed by atoms with Crippen LogP contribution >= 0.6 is 0 Å². The number of nitrogens with zero attached hydrogens (tertiary/aromatic N) is 3. The molecular weight excluding hydrogens is 640 g/mol. The number of rotatable bonds is 10. The maximum atomic E-state index is 13.8. The zero-order valence-electron chi connectivity index (χ0n) is 30.6. The first kappa shape index (κ1) is 36.4. The number of nitrogens with one attached hydrogen (secondary N) is 1. The van der Waals surface area contributed by atoms with Crippen LogP contribution in [-0.2, 0) is 27.4 Å². The van der Waals surface area contributed by atoms with E-state index in [0.717, 1.165) is 102 Å². The van der Waals surface area contributed by atoms with Gasteiger partial charge in [0, 0.05) is 80.2 Å². The minimum absolute atomic E-state index is 0.0858. The van der Waals surface area contributed by atoms with Crippen LogP contribution in [0.1, 0.15) is 67.2 Å². The summed E-state index contributed by atoms with van der Waals surface area (Å²) in [6.45, 7) is 12.4. The van der Waals surface area contributed by atoms with E-state index in [0.29, 0.717) is 32.2 Å². The van der Waals surface area contributed by atoms with Gasteiger partial charge in [-0.1, -0.05) is 41.6 Å². The molecule has 7 rings (SSSR count). The molecule has 0 aliphatic carbocycles. The lowest BCUT2D eigenvalue weighted by atomic mass is 9.99. The van der Waals surface area contributed by atoms with Crippen molar-refractivity contribution in [2.24, 2.45) is 0 Å². The summed E-state index contributed by atoms with van der Waals surface area (Å²) in [5, 5.41) is 7.34. The molecule has 51 heavy (non-hydrogen) atoms. The SMILES string of the molecule is C1CCOC1.CCOc1ccccc1-c1ccc2c(c1)C=C(C(=O)Nc1ccc(CN(C)C3CCOCC3)cc1)CCN2Cc1c(C)noc1C. The van der Waals surface area contributed by atoms with Gasteiger partial charge < -0.3 is 29.0 Å². The smallest absolute Gasteiger partial charge is 0.251 e. The fourth-order valence-electron chi connectivity index (χ4n) is 6.97. The van der Waals surface area contributed by atoms with Crippen LogP contribution in [-0.4, -0.2) is 68.6 Å². The normalized spacial score (nSPS) is 16.2. The highest BCUT2D eigenvalue weighted by atomic mass is 16.5. The molecule has 9 heteroatoms. The van der Waals surface area contributed by atoms with Crippen molar-refractivity contribution < 1.29 is 23.5 Å². The molecular formula is C42H52N4O5. The first-order valence-electron chi connectivity index (χ1n) is 18.4. The predicted molar refractivity (Wildman–Crippen MR) is 203 cm³/mol. The highest BCUT2D eigenvalue weighted by Gasteiger charge is 2.23. The van der Waals surface area contributed by atoms with E-state index in [2.05, 4.69) is 63.7 Å². The highest BCUT2D eigenvalue weighted by molar-refractivity contribution is 6.07. The summed E-state index contributed by atoms with van der Waals surface area (Å²) in [5.74, 6) is 1.58. The van der Waals surface area contributed by atoms with Gasteiger partial charge in [0.05, 0.1) is 12.3 Å². The van der Waals surface area contributed by atoms with Crippen LogP contribution in [0, 0.1) is 13.8 Å². The number of carbonyl (C=O) groups excluding carboxylic acids is 1. The molecule has 4 aromatic rings. The van der Waals surface area contributed by atoms with Crippen molar-refractivity contribution in [3.05, 3.63) is 100 Å². The van der Waals surface area contributed by atoms with Gasteiger partial charge in [-0.3, -0.25) is 9.69 Å². The van der Waals surface area contributed by atoms with Gasteiger partial charge in [-0.2, -0.15) is 0 Å². The summed E-state index contributed by atoms with van der Waals surface area (Å²) in [6, 6.07) is 23.3. The van der Waals surface area contributed by atoms with Crippen LogP contribution in [0.4, 0.5) is 11.4 Å². The third-order valence-electron chi connectivity index (χ3n) is 9.95. The van der Waals surface area contributed by atoms with E-state index < -0.39 is 0 Å². The van der Waals surface area contributed by atoms with Crippen LogP contribution in [0.15, 0.2) is 76.8 Å². The van der Waals surface area contributed by atoms with E-state index in [1.54, 1.807) is 0 Å². The molecule has 1 amide bonds. The number of fused-ring (bicyclic) bond motifs is 1. The number of carbonyl (C=O) groups is 1. The van der Waals surface area contributed by atoms with E-state index in [1.807, 2.05) is 57.2 Å². The number of aryl methyl sites for hydroxylation is 2. The number of anilines is 2. The number of ether oxygens (including phenoxy) is 3. The molecule has 9 nitrogen and oxygen atoms in total. The zero-order valence-corrected chi connectivity index (χ0v) is 30.6. The monoisotopic (exact) mass is 692 g/mol. The third-order valence-corrected chi connectivity index (χ3v) is 9.95. The van der Waals surface area contributed by atoms with Crippen LogP contribution in [0.5, 0.6) is 5.75 Å². The summed E-state index contributed by atoms with van der Waals surface area (Å²) in [5.41, 5.74) is 8.84. The molecule has 1 aromatic heterocycles. The Hall–Kier alpha value is -4.44. The molecule has 0 saturated carbocycles. The van der Waals surface area contributed by atoms with Gasteiger partial charge in [0.2, 0.25) is 0 Å². The maximum Gasteiger partial charge on any atom is 0.251 e. The molecule has 3 aromatic carbocycles. The molecule has 0 atom stereocenters. The second-order valence-corrected chi connectivity index (χ2v) is 13.6. The Bertz CT molecular complexity index is 1750. The number of aromatic nitrogens is 1. The van der Waals surface area contributed by atoms with E-state index in [-0.39, 0.29) is 5.91 Å².